The van der Waals surface area contributed by atoms with Gasteiger partial charge in [-0.3, -0.25) is 9.59 Å². The summed E-state index contributed by atoms with van der Waals surface area (Å²) < 4.78 is 0. The zero-order chi connectivity index (χ0) is 42.1. The average molecular weight is 786 g/mol. The standard InChI is InChI=1S/C31H46O2.C12H21N.C10H20O/c1-22(2)12-9-13-23(3)14-10-15-24(4)16-11-17-25(5)20-21-27-26(6)30(32)28-18-7-8-19-29(28)31(27)33;1-10-3-9-4-11(2,6-10)8-12(13,5-9)7-10;1-7(2)9-5-4-8(3)6-10(9)11/h7-8,18-20,22-24H,9-17,21H2,1-6H3;9H,3-8,13H2,1-2H3;7-11H,4-6H2,1-3H3/b25-20+;;/t23-,24-;;/m1../s1. The Bertz CT molecular complexity index is 1480. The highest BCUT2D eigenvalue weighted by Crippen LogP contribution is 2.65. The lowest BCUT2D eigenvalue weighted by Crippen LogP contribution is -2.62. The molecule has 4 bridgehead atoms. The number of aliphatic hydroxyl groups excluding tert-OH is 1. The van der Waals surface area contributed by atoms with Crippen molar-refractivity contribution in [2.75, 3.05) is 0 Å². The molecule has 1 aromatic rings. The lowest BCUT2D eigenvalue weighted by Gasteiger charge is -2.64. The molecule has 322 valence electrons. The van der Waals surface area contributed by atoms with Crippen LogP contribution >= 0.6 is 0 Å². The van der Waals surface area contributed by atoms with Crippen molar-refractivity contribution in [1.29, 1.82) is 0 Å². The SMILES string of the molecule is CC12CC3CC(C)(C1)CC(N)(C3)C2.CC1=C(C/C=C(\C)CCC[C@H](C)CCC[C@H](C)CCCC(C)C)C(=O)c2ccccc2C1=O.CC1CCC(C(C)C)C(O)C1. The van der Waals surface area contributed by atoms with Crippen molar-refractivity contribution in [1.82, 2.24) is 0 Å². The van der Waals surface area contributed by atoms with Crippen LogP contribution in [0.4, 0.5) is 0 Å². The topological polar surface area (TPSA) is 80.4 Å². The Kier molecular flexibility index (Phi) is 17.5. The number of hydrogen-bond acceptors (Lipinski definition) is 4. The van der Waals surface area contributed by atoms with Gasteiger partial charge in [0.25, 0.3) is 0 Å². The Morgan fingerprint density at radius 2 is 1.35 bits per heavy atom. The lowest BCUT2D eigenvalue weighted by molar-refractivity contribution is -0.104. The normalized spacial score (nSPS) is 31.8. The van der Waals surface area contributed by atoms with Crippen molar-refractivity contribution in [3.05, 3.63) is 58.2 Å². The number of carbonyl (C=O) groups excluding carboxylic acids is 2. The van der Waals surface area contributed by atoms with Crippen LogP contribution < -0.4 is 5.73 Å². The molecular weight excluding hydrogens is 699 g/mol. The minimum absolute atomic E-state index is 0.00526. The first-order chi connectivity index (χ1) is 26.7. The van der Waals surface area contributed by atoms with Crippen LogP contribution in [0, 0.1) is 52.3 Å². The van der Waals surface area contributed by atoms with E-state index in [0.717, 1.165) is 42.4 Å². The van der Waals surface area contributed by atoms with Crippen LogP contribution in [-0.4, -0.2) is 28.3 Å². The maximum Gasteiger partial charge on any atom is 0.190 e. The zero-order valence-electron chi connectivity index (χ0n) is 38.8. The van der Waals surface area contributed by atoms with Crippen LogP contribution in [-0.2, 0) is 0 Å². The van der Waals surface area contributed by atoms with Gasteiger partial charge in [0.1, 0.15) is 0 Å². The van der Waals surface area contributed by atoms with Crippen molar-refractivity contribution < 1.29 is 14.7 Å². The van der Waals surface area contributed by atoms with E-state index in [-0.39, 0.29) is 23.2 Å². The number of fused-ring (bicyclic) bond motifs is 1. The molecule has 4 heteroatoms. The smallest absolute Gasteiger partial charge is 0.190 e. The molecule has 0 aliphatic heterocycles. The third-order valence-corrected chi connectivity index (χ3v) is 14.9. The first kappa shape index (κ1) is 47.6. The maximum atomic E-state index is 12.9. The molecule has 4 nitrogen and oxygen atoms in total. The number of nitrogens with two attached hydrogens (primary N) is 1. The van der Waals surface area contributed by atoms with E-state index >= 15 is 0 Å². The Balaban J connectivity index is 0.000000240. The van der Waals surface area contributed by atoms with Gasteiger partial charge in [-0.05, 0) is 137 Å². The van der Waals surface area contributed by atoms with Gasteiger partial charge in [-0.25, -0.2) is 0 Å². The van der Waals surface area contributed by atoms with E-state index in [1.165, 1.54) is 108 Å². The van der Waals surface area contributed by atoms with Gasteiger partial charge in [0.15, 0.2) is 11.6 Å². The summed E-state index contributed by atoms with van der Waals surface area (Å²) in [7, 11) is 0. The van der Waals surface area contributed by atoms with Crippen LogP contribution in [0.15, 0.2) is 47.1 Å². The summed E-state index contributed by atoms with van der Waals surface area (Å²) in [6.45, 7) is 25.0. The molecule has 1 aromatic carbocycles. The quantitative estimate of drug-likeness (QED) is 0.174. The van der Waals surface area contributed by atoms with Crippen LogP contribution in [0.3, 0.4) is 0 Å². The Morgan fingerprint density at radius 1 is 0.807 bits per heavy atom. The van der Waals surface area contributed by atoms with E-state index in [1.54, 1.807) is 19.1 Å². The summed E-state index contributed by atoms with van der Waals surface area (Å²) in [6, 6.07) is 7.18. The molecule has 0 aromatic heterocycles. The zero-order valence-corrected chi connectivity index (χ0v) is 38.8. The van der Waals surface area contributed by atoms with Gasteiger partial charge >= 0.3 is 0 Å². The van der Waals surface area contributed by atoms with Crippen LogP contribution in [0.5, 0.6) is 0 Å². The molecule has 0 amide bonds. The summed E-state index contributed by atoms with van der Waals surface area (Å²) in [5.74, 6) is 5.38. The molecule has 0 heterocycles. The van der Waals surface area contributed by atoms with Crippen LogP contribution in [0.25, 0.3) is 0 Å². The molecule has 6 aliphatic carbocycles. The molecule has 0 radical (unpaired) electrons. The summed E-state index contributed by atoms with van der Waals surface area (Å²) in [4.78, 5) is 25.5. The third-order valence-electron chi connectivity index (χ3n) is 14.9. The van der Waals surface area contributed by atoms with Gasteiger partial charge in [0, 0.05) is 27.8 Å². The molecular formula is C53H87NO3. The fourth-order valence-electron chi connectivity index (χ4n) is 12.6. The molecule has 7 atom stereocenters. The highest BCUT2D eigenvalue weighted by Gasteiger charge is 2.58. The first-order valence-electron chi connectivity index (χ1n) is 23.7. The number of ketones is 2. The van der Waals surface area contributed by atoms with Gasteiger partial charge in [-0.1, -0.05) is 150 Å². The molecule has 5 unspecified atom stereocenters. The number of Topliss-reactive ketones (excluding diaryl/α,β-unsaturated/α-hetero) is 2. The number of aliphatic hydroxyl groups is 1. The van der Waals surface area contributed by atoms with Gasteiger partial charge in [0.05, 0.1) is 6.10 Å². The molecule has 5 saturated carbocycles. The number of rotatable bonds is 15. The minimum Gasteiger partial charge on any atom is -0.393 e. The molecule has 0 saturated heterocycles. The van der Waals surface area contributed by atoms with Crippen molar-refractivity contribution in [3.63, 3.8) is 0 Å². The van der Waals surface area contributed by atoms with Crippen molar-refractivity contribution in [2.24, 2.45) is 58.0 Å². The number of benzene rings is 1. The third kappa shape index (κ3) is 14.0. The van der Waals surface area contributed by atoms with Gasteiger partial charge < -0.3 is 10.8 Å². The predicted molar refractivity (Wildman–Crippen MR) is 243 cm³/mol. The van der Waals surface area contributed by atoms with Gasteiger partial charge in [-0.15, -0.1) is 0 Å². The average Bonchev–Trinajstić information content (AvgIpc) is 3.09. The second-order valence-electron chi connectivity index (χ2n) is 22.3. The first-order valence-corrected chi connectivity index (χ1v) is 23.7. The summed E-state index contributed by atoms with van der Waals surface area (Å²) in [5, 5.41) is 9.71. The second kappa shape index (κ2) is 21.0. The lowest BCUT2D eigenvalue weighted by atomic mass is 9.43. The van der Waals surface area contributed by atoms with E-state index in [9.17, 15) is 14.7 Å². The van der Waals surface area contributed by atoms with E-state index in [4.69, 9.17) is 5.73 Å². The monoisotopic (exact) mass is 786 g/mol. The van der Waals surface area contributed by atoms with E-state index in [0.29, 0.717) is 51.4 Å². The highest BCUT2D eigenvalue weighted by molar-refractivity contribution is 6.26. The second-order valence-corrected chi connectivity index (χ2v) is 22.3. The van der Waals surface area contributed by atoms with E-state index < -0.39 is 0 Å². The molecule has 5 fully saturated rings. The molecule has 6 aliphatic rings. The largest absolute Gasteiger partial charge is 0.393 e. The molecule has 0 spiro atoms. The van der Waals surface area contributed by atoms with Crippen molar-refractivity contribution in [3.8, 4) is 0 Å². The number of allylic oxidation sites excluding steroid dienone is 4. The summed E-state index contributed by atoms with van der Waals surface area (Å²) >= 11 is 0. The Labute approximate surface area is 351 Å². The summed E-state index contributed by atoms with van der Waals surface area (Å²) in [6.07, 6.45) is 26.2. The van der Waals surface area contributed by atoms with Crippen LogP contribution in [0.1, 0.15) is 219 Å². The van der Waals surface area contributed by atoms with E-state index in [2.05, 4.69) is 75.3 Å². The molecule has 7 rings (SSSR count). The van der Waals surface area contributed by atoms with Gasteiger partial charge in [0.2, 0.25) is 0 Å². The number of carbonyl (C=O) groups is 2. The fourth-order valence-corrected chi connectivity index (χ4v) is 12.6. The number of hydrogen-bond donors (Lipinski definition) is 2. The maximum absolute atomic E-state index is 12.9. The van der Waals surface area contributed by atoms with Gasteiger partial charge in [-0.2, -0.15) is 0 Å². The van der Waals surface area contributed by atoms with E-state index in [1.807, 2.05) is 12.1 Å². The Morgan fingerprint density at radius 3 is 1.86 bits per heavy atom. The Hall–Kier alpha value is -2.04. The van der Waals surface area contributed by atoms with Crippen molar-refractivity contribution >= 4 is 11.6 Å². The molecule has 57 heavy (non-hydrogen) atoms. The molecule has 3 N–H and O–H groups in total. The fraction of sp³-hybridized carbons (Fsp3) is 0.774. The minimum atomic E-state index is -0.0289. The summed E-state index contributed by atoms with van der Waals surface area (Å²) in [5.41, 5.74) is 11.6. The highest BCUT2D eigenvalue weighted by atomic mass is 16.3. The van der Waals surface area contributed by atoms with Crippen molar-refractivity contribution in [2.45, 2.75) is 210 Å². The predicted octanol–water partition coefficient (Wildman–Crippen LogP) is 14.3. The van der Waals surface area contributed by atoms with Crippen LogP contribution in [0.2, 0.25) is 0 Å².